The molecule has 0 fully saturated rings. The third-order valence-electron chi connectivity index (χ3n) is 4.44. The first-order valence-corrected chi connectivity index (χ1v) is 8.09. The lowest BCUT2D eigenvalue weighted by Gasteiger charge is -2.34. The monoisotopic (exact) mass is 328 g/mol. The van der Waals surface area contributed by atoms with E-state index in [4.69, 9.17) is 4.74 Å². The molecule has 1 aromatic carbocycles. The summed E-state index contributed by atoms with van der Waals surface area (Å²) in [6, 6.07) is 6.88. The van der Waals surface area contributed by atoms with Crippen LogP contribution in [0.25, 0.3) is 0 Å². The van der Waals surface area contributed by atoms with Crippen LogP contribution in [0.1, 0.15) is 57.6 Å². The van der Waals surface area contributed by atoms with Crippen molar-refractivity contribution in [1.29, 1.82) is 0 Å². The molecule has 0 spiro atoms. The quantitative estimate of drug-likeness (QED) is 0.726. The van der Waals surface area contributed by atoms with E-state index in [0.29, 0.717) is 11.5 Å². The van der Waals surface area contributed by atoms with Crippen LogP contribution in [0.2, 0.25) is 0 Å². The molecule has 3 atom stereocenters. The molecule has 1 rings (SSSR count). The highest BCUT2D eigenvalue weighted by atomic mass is 19.3. The van der Waals surface area contributed by atoms with Crippen LogP contribution in [-0.4, -0.2) is 24.1 Å². The summed E-state index contributed by atoms with van der Waals surface area (Å²) in [7, 11) is 0. The van der Waals surface area contributed by atoms with Crippen molar-refractivity contribution >= 4 is 5.97 Å². The summed E-state index contributed by atoms with van der Waals surface area (Å²) in [4.78, 5) is 11.9. The van der Waals surface area contributed by atoms with E-state index < -0.39 is 23.9 Å². The summed E-state index contributed by atoms with van der Waals surface area (Å²) < 4.78 is 31.6. The molecule has 0 amide bonds. The number of ether oxygens (including phenoxy) is 1. The molecule has 0 aliphatic carbocycles. The Morgan fingerprint density at radius 3 is 2.17 bits per heavy atom. The number of aliphatic hydroxyl groups is 1. The van der Waals surface area contributed by atoms with E-state index in [1.54, 1.807) is 26.0 Å². The van der Waals surface area contributed by atoms with Gasteiger partial charge in [0.1, 0.15) is 5.60 Å². The molecular weight excluding hydrogens is 302 g/mol. The number of alkyl halides is 2. The van der Waals surface area contributed by atoms with Crippen molar-refractivity contribution in [2.24, 2.45) is 5.92 Å². The maximum absolute atomic E-state index is 13.4. The van der Waals surface area contributed by atoms with Crippen LogP contribution in [0.3, 0.4) is 0 Å². The molecule has 0 aliphatic heterocycles. The number of rotatable bonds is 8. The Morgan fingerprint density at radius 1 is 1.22 bits per heavy atom. The van der Waals surface area contributed by atoms with Crippen molar-refractivity contribution in [3.8, 4) is 0 Å². The van der Waals surface area contributed by atoms with E-state index in [1.165, 1.54) is 0 Å². The largest absolute Gasteiger partial charge is 0.466 e. The van der Waals surface area contributed by atoms with E-state index in [1.807, 2.05) is 12.1 Å². The van der Waals surface area contributed by atoms with E-state index in [0.717, 1.165) is 12.0 Å². The number of hydrogen-bond acceptors (Lipinski definition) is 3. The molecule has 0 bridgehead atoms. The van der Waals surface area contributed by atoms with Crippen LogP contribution in [-0.2, 0) is 15.1 Å². The molecule has 5 heteroatoms. The lowest BCUT2D eigenvalue weighted by Crippen LogP contribution is -2.44. The standard InChI is InChI=1S/C18H26F2O3/c1-5-12(4)13-8-10-14(11-9-13)18(22,6-2)15(16(19)20)17(21)23-7-3/h8-12,15-16,22H,5-7H2,1-4H3. The predicted molar refractivity (Wildman–Crippen MR) is 85.5 cm³/mol. The van der Waals surface area contributed by atoms with Gasteiger partial charge in [0.25, 0.3) is 6.43 Å². The Morgan fingerprint density at radius 2 is 1.78 bits per heavy atom. The van der Waals surface area contributed by atoms with Crippen molar-refractivity contribution < 1.29 is 23.4 Å². The van der Waals surface area contributed by atoms with Gasteiger partial charge in [-0.3, -0.25) is 4.79 Å². The summed E-state index contributed by atoms with van der Waals surface area (Å²) in [5.41, 5.74) is -0.571. The van der Waals surface area contributed by atoms with Gasteiger partial charge >= 0.3 is 5.97 Å². The molecule has 3 nitrogen and oxygen atoms in total. The zero-order valence-electron chi connectivity index (χ0n) is 14.2. The van der Waals surface area contributed by atoms with Crippen LogP contribution in [0, 0.1) is 5.92 Å². The van der Waals surface area contributed by atoms with Gasteiger partial charge in [0, 0.05) is 0 Å². The lowest BCUT2D eigenvalue weighted by molar-refractivity contribution is -0.172. The molecule has 0 saturated carbocycles. The Hall–Kier alpha value is -1.49. The second-order valence-electron chi connectivity index (χ2n) is 5.77. The molecule has 1 aromatic rings. The molecule has 0 heterocycles. The fourth-order valence-corrected chi connectivity index (χ4v) is 2.68. The highest BCUT2D eigenvalue weighted by molar-refractivity contribution is 5.74. The second-order valence-corrected chi connectivity index (χ2v) is 5.77. The summed E-state index contributed by atoms with van der Waals surface area (Å²) in [6.45, 7) is 7.26. The first-order valence-electron chi connectivity index (χ1n) is 8.09. The van der Waals surface area contributed by atoms with Crippen molar-refractivity contribution in [2.75, 3.05) is 6.61 Å². The Bertz CT molecular complexity index is 501. The van der Waals surface area contributed by atoms with Crippen LogP contribution in [0.5, 0.6) is 0 Å². The molecule has 3 unspecified atom stereocenters. The lowest BCUT2D eigenvalue weighted by atomic mass is 9.78. The van der Waals surface area contributed by atoms with Crippen molar-refractivity contribution in [2.45, 2.75) is 58.5 Å². The van der Waals surface area contributed by atoms with Gasteiger partial charge in [-0.25, -0.2) is 8.78 Å². The summed E-state index contributed by atoms with van der Waals surface area (Å²) in [5, 5.41) is 10.8. The van der Waals surface area contributed by atoms with Crippen LogP contribution < -0.4 is 0 Å². The number of benzene rings is 1. The Kier molecular flexibility index (Phi) is 7.13. The van der Waals surface area contributed by atoms with Gasteiger partial charge in [-0.15, -0.1) is 0 Å². The molecule has 0 aromatic heterocycles. The zero-order valence-corrected chi connectivity index (χ0v) is 14.2. The molecule has 23 heavy (non-hydrogen) atoms. The molecular formula is C18H26F2O3. The van der Waals surface area contributed by atoms with Gasteiger partial charge in [0.2, 0.25) is 0 Å². The number of carbonyl (C=O) groups excluding carboxylic acids is 1. The van der Waals surface area contributed by atoms with Crippen molar-refractivity contribution in [3.63, 3.8) is 0 Å². The highest BCUT2D eigenvalue weighted by Crippen LogP contribution is 2.38. The van der Waals surface area contributed by atoms with Gasteiger partial charge in [-0.2, -0.15) is 0 Å². The van der Waals surface area contributed by atoms with Crippen molar-refractivity contribution in [1.82, 2.24) is 0 Å². The predicted octanol–water partition coefficient (Wildman–Crippen LogP) is 4.24. The summed E-state index contributed by atoms with van der Waals surface area (Å²) >= 11 is 0. The van der Waals surface area contributed by atoms with Crippen LogP contribution >= 0.6 is 0 Å². The van der Waals surface area contributed by atoms with Gasteiger partial charge in [-0.1, -0.05) is 45.0 Å². The minimum absolute atomic E-state index is 0.00516. The Labute approximate surface area is 136 Å². The number of esters is 1. The molecule has 0 aliphatic rings. The average molecular weight is 328 g/mol. The zero-order chi connectivity index (χ0) is 17.6. The van der Waals surface area contributed by atoms with E-state index in [9.17, 15) is 18.7 Å². The summed E-state index contributed by atoms with van der Waals surface area (Å²) in [6.07, 6.45) is -2.06. The van der Waals surface area contributed by atoms with E-state index in [-0.39, 0.29) is 13.0 Å². The van der Waals surface area contributed by atoms with Gasteiger partial charge in [0.15, 0.2) is 5.92 Å². The molecule has 130 valence electrons. The molecule has 0 saturated heterocycles. The Balaban J connectivity index is 3.22. The van der Waals surface area contributed by atoms with Crippen LogP contribution in [0.4, 0.5) is 8.78 Å². The number of hydrogen-bond donors (Lipinski definition) is 1. The first kappa shape index (κ1) is 19.6. The topological polar surface area (TPSA) is 46.5 Å². The third-order valence-corrected chi connectivity index (χ3v) is 4.44. The minimum atomic E-state index is -3.01. The van der Waals surface area contributed by atoms with Gasteiger partial charge < -0.3 is 9.84 Å². The number of carbonyl (C=O) groups is 1. The minimum Gasteiger partial charge on any atom is -0.466 e. The fourth-order valence-electron chi connectivity index (χ4n) is 2.68. The maximum Gasteiger partial charge on any atom is 0.318 e. The van der Waals surface area contributed by atoms with Crippen LogP contribution in [0.15, 0.2) is 24.3 Å². The second kappa shape index (κ2) is 8.39. The fraction of sp³-hybridized carbons (Fsp3) is 0.611. The highest BCUT2D eigenvalue weighted by Gasteiger charge is 2.48. The number of halogens is 2. The first-order chi connectivity index (χ1) is 10.8. The normalized spacial score (nSPS) is 16.7. The van der Waals surface area contributed by atoms with E-state index in [2.05, 4.69) is 13.8 Å². The van der Waals surface area contributed by atoms with Gasteiger partial charge in [0.05, 0.1) is 6.61 Å². The van der Waals surface area contributed by atoms with Gasteiger partial charge in [-0.05, 0) is 36.8 Å². The molecule has 0 radical (unpaired) electrons. The summed E-state index contributed by atoms with van der Waals surface area (Å²) in [5.74, 6) is -2.63. The van der Waals surface area contributed by atoms with Crippen molar-refractivity contribution in [3.05, 3.63) is 35.4 Å². The smallest absolute Gasteiger partial charge is 0.318 e. The third kappa shape index (κ3) is 4.28. The molecule has 1 N–H and O–H groups in total. The SMILES string of the molecule is CCOC(=O)C(C(F)F)C(O)(CC)c1ccc(C(C)CC)cc1. The van der Waals surface area contributed by atoms with E-state index >= 15 is 0 Å². The average Bonchev–Trinajstić information content (AvgIpc) is 2.54. The maximum atomic E-state index is 13.4.